The van der Waals surface area contributed by atoms with Crippen molar-refractivity contribution in [2.45, 2.75) is 13.0 Å². The average molecular weight is 318 g/mol. The van der Waals surface area contributed by atoms with Gasteiger partial charge in [-0.3, -0.25) is 4.98 Å². The number of rotatable bonds is 2. The Labute approximate surface area is 133 Å². The Morgan fingerprint density at radius 1 is 1.05 bits per heavy atom. The monoisotopic (exact) mass is 317 g/mol. The smallest absolute Gasteiger partial charge is 0.106 e. The summed E-state index contributed by atoms with van der Waals surface area (Å²) >= 11 is 12.2. The van der Waals surface area contributed by atoms with Gasteiger partial charge in [-0.25, -0.2) is 0 Å². The molecule has 0 saturated heterocycles. The summed E-state index contributed by atoms with van der Waals surface area (Å²) in [5.74, 6) is 0. The maximum Gasteiger partial charge on any atom is 0.106 e. The summed E-state index contributed by atoms with van der Waals surface area (Å²) in [6.45, 7) is 1.95. The van der Waals surface area contributed by atoms with Crippen LogP contribution in [0.1, 0.15) is 22.9 Å². The molecule has 0 aliphatic heterocycles. The Bertz CT molecular complexity index is 817. The molecule has 0 bridgehead atoms. The van der Waals surface area contributed by atoms with E-state index in [1.807, 2.05) is 37.3 Å². The second kappa shape index (κ2) is 5.64. The molecule has 4 heteroatoms. The van der Waals surface area contributed by atoms with Crippen LogP contribution in [0.5, 0.6) is 0 Å². The lowest BCUT2D eigenvalue weighted by molar-refractivity contribution is 0.220. The van der Waals surface area contributed by atoms with Crippen molar-refractivity contribution in [1.29, 1.82) is 0 Å². The lowest BCUT2D eigenvalue weighted by atomic mass is 10.00. The molecule has 0 amide bonds. The molecular formula is C17H13Cl2NO. The minimum absolute atomic E-state index is 0.383. The Morgan fingerprint density at radius 3 is 2.67 bits per heavy atom. The molecule has 1 atom stereocenters. The summed E-state index contributed by atoms with van der Waals surface area (Å²) in [5, 5.41) is 12.3. The maximum absolute atomic E-state index is 10.5. The summed E-state index contributed by atoms with van der Waals surface area (Å²) in [7, 11) is 0. The fourth-order valence-electron chi connectivity index (χ4n) is 2.33. The molecule has 2 nitrogen and oxygen atoms in total. The number of benzene rings is 2. The number of aryl methyl sites for hydroxylation is 1. The van der Waals surface area contributed by atoms with Crippen LogP contribution in [0, 0.1) is 6.92 Å². The van der Waals surface area contributed by atoms with Crippen LogP contribution in [-0.4, -0.2) is 10.1 Å². The highest BCUT2D eigenvalue weighted by Gasteiger charge is 2.16. The summed E-state index contributed by atoms with van der Waals surface area (Å²) in [4.78, 5) is 4.45. The fourth-order valence-corrected chi connectivity index (χ4v) is 2.74. The highest BCUT2D eigenvalue weighted by atomic mass is 35.5. The molecule has 0 spiro atoms. The quantitative estimate of drug-likeness (QED) is 0.726. The van der Waals surface area contributed by atoms with Crippen molar-refractivity contribution >= 4 is 34.1 Å². The third-order valence-electron chi connectivity index (χ3n) is 3.44. The van der Waals surface area contributed by atoms with Gasteiger partial charge in [0.1, 0.15) is 6.10 Å². The minimum atomic E-state index is -0.818. The summed E-state index contributed by atoms with van der Waals surface area (Å²) in [6, 6.07) is 14.9. The van der Waals surface area contributed by atoms with Gasteiger partial charge in [0.15, 0.2) is 0 Å². The number of hydrogen-bond donors (Lipinski definition) is 1. The molecular weight excluding hydrogens is 305 g/mol. The maximum atomic E-state index is 10.5. The number of aromatic nitrogens is 1. The van der Waals surface area contributed by atoms with Crippen molar-refractivity contribution in [2.24, 2.45) is 0 Å². The number of fused-ring (bicyclic) bond motifs is 1. The Morgan fingerprint density at radius 2 is 1.86 bits per heavy atom. The van der Waals surface area contributed by atoms with Gasteiger partial charge >= 0.3 is 0 Å². The third-order valence-corrected chi connectivity index (χ3v) is 4.28. The fraction of sp³-hybridized carbons (Fsp3) is 0.118. The number of halogens is 2. The molecule has 0 aliphatic rings. The molecule has 21 heavy (non-hydrogen) atoms. The lowest BCUT2D eigenvalue weighted by Gasteiger charge is -2.14. The van der Waals surface area contributed by atoms with Crippen LogP contribution in [-0.2, 0) is 0 Å². The SMILES string of the molecule is Cc1ccc2cc(C(O)c3cccc(Cl)c3Cl)ccc2n1. The van der Waals surface area contributed by atoms with Crippen molar-refractivity contribution in [3.05, 3.63) is 75.4 Å². The zero-order chi connectivity index (χ0) is 15.0. The van der Waals surface area contributed by atoms with Crippen molar-refractivity contribution in [1.82, 2.24) is 4.98 Å². The Hall–Kier alpha value is -1.61. The second-order valence-corrected chi connectivity index (χ2v) is 5.74. The minimum Gasteiger partial charge on any atom is -0.384 e. The largest absolute Gasteiger partial charge is 0.384 e. The normalized spacial score (nSPS) is 12.6. The predicted octanol–water partition coefficient (Wildman–Crippen LogP) is 4.93. The number of hydrogen-bond acceptors (Lipinski definition) is 2. The highest BCUT2D eigenvalue weighted by molar-refractivity contribution is 6.42. The highest BCUT2D eigenvalue weighted by Crippen LogP contribution is 2.33. The molecule has 2 aromatic carbocycles. The van der Waals surface area contributed by atoms with E-state index in [0.29, 0.717) is 15.6 Å². The number of pyridine rings is 1. The number of aliphatic hydroxyl groups excluding tert-OH is 1. The van der Waals surface area contributed by atoms with Crippen LogP contribution < -0.4 is 0 Å². The molecule has 0 radical (unpaired) electrons. The standard InChI is InChI=1S/C17H13Cl2NO/c1-10-5-6-11-9-12(7-8-15(11)20-10)17(21)13-3-2-4-14(18)16(13)19/h2-9,17,21H,1H3. The molecule has 106 valence electrons. The lowest BCUT2D eigenvalue weighted by Crippen LogP contribution is -2.01. The van der Waals surface area contributed by atoms with E-state index in [1.165, 1.54) is 0 Å². The van der Waals surface area contributed by atoms with Gasteiger partial charge < -0.3 is 5.11 Å². The van der Waals surface area contributed by atoms with Gasteiger partial charge in [0.05, 0.1) is 15.6 Å². The van der Waals surface area contributed by atoms with Gasteiger partial charge in [0, 0.05) is 16.6 Å². The molecule has 1 N–H and O–H groups in total. The van der Waals surface area contributed by atoms with Gasteiger partial charge in [-0.1, -0.05) is 47.5 Å². The van der Waals surface area contributed by atoms with E-state index in [2.05, 4.69) is 4.98 Å². The number of nitrogens with zero attached hydrogens (tertiary/aromatic N) is 1. The van der Waals surface area contributed by atoms with Crippen LogP contribution in [0.4, 0.5) is 0 Å². The topological polar surface area (TPSA) is 33.1 Å². The van der Waals surface area contributed by atoms with E-state index >= 15 is 0 Å². The second-order valence-electron chi connectivity index (χ2n) is 4.95. The first kappa shape index (κ1) is 14.3. The Kier molecular flexibility index (Phi) is 3.85. The van der Waals surface area contributed by atoms with Crippen molar-refractivity contribution in [3.63, 3.8) is 0 Å². The molecule has 0 saturated carbocycles. The summed E-state index contributed by atoms with van der Waals surface area (Å²) in [5.41, 5.74) is 3.23. The van der Waals surface area contributed by atoms with Gasteiger partial charge in [0.2, 0.25) is 0 Å². The number of aliphatic hydroxyl groups is 1. The van der Waals surface area contributed by atoms with Crippen LogP contribution >= 0.6 is 23.2 Å². The van der Waals surface area contributed by atoms with E-state index in [4.69, 9.17) is 23.2 Å². The van der Waals surface area contributed by atoms with Gasteiger partial charge in [-0.2, -0.15) is 0 Å². The molecule has 1 aromatic heterocycles. The zero-order valence-electron chi connectivity index (χ0n) is 11.3. The van der Waals surface area contributed by atoms with E-state index < -0.39 is 6.10 Å². The van der Waals surface area contributed by atoms with Gasteiger partial charge in [-0.05, 0) is 36.8 Å². The predicted molar refractivity (Wildman–Crippen MR) is 87.0 cm³/mol. The van der Waals surface area contributed by atoms with Gasteiger partial charge in [-0.15, -0.1) is 0 Å². The first-order valence-electron chi connectivity index (χ1n) is 6.55. The molecule has 0 aliphatic carbocycles. The van der Waals surface area contributed by atoms with Crippen molar-refractivity contribution in [3.8, 4) is 0 Å². The van der Waals surface area contributed by atoms with Crippen LogP contribution in [0.3, 0.4) is 0 Å². The molecule has 0 fully saturated rings. The van der Waals surface area contributed by atoms with E-state index in [-0.39, 0.29) is 0 Å². The van der Waals surface area contributed by atoms with Crippen molar-refractivity contribution < 1.29 is 5.11 Å². The van der Waals surface area contributed by atoms with Gasteiger partial charge in [0.25, 0.3) is 0 Å². The zero-order valence-corrected chi connectivity index (χ0v) is 12.9. The summed E-state index contributed by atoms with van der Waals surface area (Å²) < 4.78 is 0. The third kappa shape index (κ3) is 2.75. The van der Waals surface area contributed by atoms with Crippen LogP contribution in [0.15, 0.2) is 48.5 Å². The molecule has 3 rings (SSSR count). The molecule has 1 heterocycles. The molecule has 3 aromatic rings. The van der Waals surface area contributed by atoms with Crippen molar-refractivity contribution in [2.75, 3.05) is 0 Å². The summed E-state index contributed by atoms with van der Waals surface area (Å²) in [6.07, 6.45) is -0.818. The van der Waals surface area contributed by atoms with Crippen LogP contribution in [0.2, 0.25) is 10.0 Å². The molecule has 1 unspecified atom stereocenters. The first-order valence-corrected chi connectivity index (χ1v) is 7.31. The van der Waals surface area contributed by atoms with E-state index in [1.54, 1.807) is 18.2 Å². The van der Waals surface area contributed by atoms with E-state index in [9.17, 15) is 5.11 Å². The Balaban J connectivity index is 2.07. The van der Waals surface area contributed by atoms with E-state index in [0.717, 1.165) is 22.2 Å². The average Bonchev–Trinajstić information content (AvgIpc) is 2.49. The van der Waals surface area contributed by atoms with Crippen LogP contribution in [0.25, 0.3) is 10.9 Å². The first-order chi connectivity index (χ1) is 10.1.